The van der Waals surface area contributed by atoms with E-state index in [1.54, 1.807) is 12.1 Å². The first kappa shape index (κ1) is 21.3. The van der Waals surface area contributed by atoms with Crippen LogP contribution in [0.15, 0.2) is 54.6 Å². The summed E-state index contributed by atoms with van der Waals surface area (Å²) in [5, 5.41) is 0. The fourth-order valence-electron chi connectivity index (χ4n) is 6.81. The van der Waals surface area contributed by atoms with E-state index in [1.165, 1.54) is 56.4 Å². The monoisotopic (exact) mass is 462 g/mol. The van der Waals surface area contributed by atoms with Crippen LogP contribution in [0.2, 0.25) is 0 Å². The fraction of sp³-hybridized carbons (Fsp3) is 0.357. The number of benzene rings is 3. The highest BCUT2D eigenvalue weighted by Gasteiger charge is 2.49. The molecule has 0 radical (unpaired) electrons. The Hall–Kier alpha value is -3.28. The van der Waals surface area contributed by atoms with Gasteiger partial charge in [-0.05, 0) is 104 Å². The van der Waals surface area contributed by atoms with Gasteiger partial charge < -0.3 is 20.9 Å². The van der Waals surface area contributed by atoms with Gasteiger partial charge in [0.1, 0.15) is 34.6 Å². The van der Waals surface area contributed by atoms with Crippen molar-refractivity contribution in [2.45, 2.75) is 38.0 Å². The van der Waals surface area contributed by atoms with E-state index in [1.807, 2.05) is 12.1 Å². The molecule has 0 spiro atoms. The molecule has 4 N–H and O–H groups in total. The van der Waals surface area contributed by atoms with E-state index < -0.39 is 11.6 Å². The highest BCUT2D eigenvalue weighted by Crippen LogP contribution is 2.61. The summed E-state index contributed by atoms with van der Waals surface area (Å²) >= 11 is 0. The maximum atomic E-state index is 13.7. The van der Waals surface area contributed by atoms with Crippen molar-refractivity contribution in [2.24, 2.45) is 23.7 Å². The molecule has 7 rings (SSSR count). The van der Waals surface area contributed by atoms with Crippen molar-refractivity contribution in [1.82, 2.24) is 0 Å². The van der Waals surface area contributed by atoms with Crippen LogP contribution in [0.5, 0.6) is 23.0 Å². The number of nitrogens with two attached hydrogens (primary N) is 2. The molecular weight excluding hydrogens is 434 g/mol. The van der Waals surface area contributed by atoms with E-state index in [0.29, 0.717) is 35.0 Å². The van der Waals surface area contributed by atoms with Crippen LogP contribution in [0, 0.1) is 35.3 Å². The van der Waals surface area contributed by atoms with E-state index in [9.17, 15) is 8.78 Å². The van der Waals surface area contributed by atoms with E-state index in [2.05, 4.69) is 6.07 Å². The largest absolute Gasteiger partial charge is 0.457 e. The molecule has 0 heterocycles. The van der Waals surface area contributed by atoms with Crippen molar-refractivity contribution in [2.75, 3.05) is 11.5 Å². The predicted molar refractivity (Wildman–Crippen MR) is 128 cm³/mol. The smallest absolute Gasteiger partial charge is 0.146 e. The minimum Gasteiger partial charge on any atom is -0.457 e. The normalized spacial score (nSPS) is 27.1. The molecule has 0 unspecified atom stereocenters. The first-order valence-electron chi connectivity index (χ1n) is 12.0. The third-order valence-electron chi connectivity index (χ3n) is 7.97. The lowest BCUT2D eigenvalue weighted by Gasteiger charge is -2.54. The lowest BCUT2D eigenvalue weighted by Crippen LogP contribution is -2.43. The summed E-state index contributed by atoms with van der Waals surface area (Å²) in [7, 11) is 0. The minimum atomic E-state index is -0.469. The second-order valence-corrected chi connectivity index (χ2v) is 10.2. The highest BCUT2D eigenvalue weighted by molar-refractivity contribution is 5.51. The summed E-state index contributed by atoms with van der Waals surface area (Å²) < 4.78 is 39.6. The molecular formula is C28H28F2N2O2. The summed E-state index contributed by atoms with van der Waals surface area (Å²) in [4.78, 5) is 0. The standard InChI is InChI=1S/C28H28F2N2O2/c29-23-4-1-20(13-25(23)31)33-19-3-6-27(34-21-2-5-24(30)26(32)14-21)22(12-19)28-17-8-15-7-16(10-17)11-18(28)9-15/h1-6,12-18,28H,7-11,31-32H2. The Balaban J connectivity index is 1.37. The second kappa shape index (κ2) is 8.19. The summed E-state index contributed by atoms with van der Waals surface area (Å²) in [5.41, 5.74) is 12.7. The van der Waals surface area contributed by atoms with Gasteiger partial charge >= 0.3 is 0 Å². The Morgan fingerprint density at radius 1 is 0.618 bits per heavy atom. The molecule has 4 aliphatic carbocycles. The average Bonchev–Trinajstić information content (AvgIpc) is 2.79. The summed E-state index contributed by atoms with van der Waals surface area (Å²) in [6.07, 6.45) is 6.44. The minimum absolute atomic E-state index is 0.0487. The number of hydrogen-bond acceptors (Lipinski definition) is 4. The van der Waals surface area contributed by atoms with Crippen LogP contribution >= 0.6 is 0 Å². The van der Waals surface area contributed by atoms with Crippen LogP contribution in [0.25, 0.3) is 0 Å². The Kier molecular flexibility index (Phi) is 5.12. The van der Waals surface area contributed by atoms with Crippen LogP contribution in [-0.4, -0.2) is 0 Å². The maximum Gasteiger partial charge on any atom is 0.146 e. The Labute approximate surface area is 197 Å². The number of anilines is 2. The number of halogens is 2. The summed E-state index contributed by atoms with van der Waals surface area (Å²) in [6.45, 7) is 0. The van der Waals surface area contributed by atoms with Gasteiger partial charge in [0.15, 0.2) is 0 Å². The fourth-order valence-corrected chi connectivity index (χ4v) is 6.81. The predicted octanol–water partition coefficient (Wildman–Crippen LogP) is 7.25. The molecule has 4 bridgehead atoms. The van der Waals surface area contributed by atoms with Gasteiger partial charge in [-0.1, -0.05) is 0 Å². The maximum absolute atomic E-state index is 13.7. The molecule has 4 nitrogen and oxygen atoms in total. The van der Waals surface area contributed by atoms with Crippen molar-refractivity contribution >= 4 is 11.4 Å². The third kappa shape index (κ3) is 3.85. The molecule has 0 saturated heterocycles. The number of ether oxygens (including phenoxy) is 2. The van der Waals surface area contributed by atoms with Crippen LogP contribution in [-0.2, 0) is 0 Å². The quantitative estimate of drug-likeness (QED) is 0.392. The lowest BCUT2D eigenvalue weighted by molar-refractivity contribution is -0.00339. The molecule has 34 heavy (non-hydrogen) atoms. The molecule has 4 aliphatic rings. The van der Waals surface area contributed by atoms with Crippen molar-refractivity contribution in [3.05, 3.63) is 71.8 Å². The second-order valence-electron chi connectivity index (χ2n) is 10.2. The van der Waals surface area contributed by atoms with Gasteiger partial charge in [-0.2, -0.15) is 0 Å². The molecule has 0 aliphatic heterocycles. The number of rotatable bonds is 5. The zero-order valence-corrected chi connectivity index (χ0v) is 18.8. The Morgan fingerprint density at radius 2 is 1.12 bits per heavy atom. The van der Waals surface area contributed by atoms with Gasteiger partial charge in [0.25, 0.3) is 0 Å². The molecule has 3 aromatic rings. The molecule has 0 aromatic heterocycles. The van der Waals surface area contributed by atoms with Gasteiger partial charge in [0, 0.05) is 17.7 Å². The zero-order chi connectivity index (χ0) is 23.4. The number of hydrogen-bond donors (Lipinski definition) is 2. The summed E-state index contributed by atoms with van der Waals surface area (Å²) in [6, 6.07) is 14.6. The topological polar surface area (TPSA) is 70.5 Å². The Bertz CT molecular complexity index is 1220. The first-order valence-corrected chi connectivity index (χ1v) is 12.0. The zero-order valence-electron chi connectivity index (χ0n) is 18.8. The molecule has 4 saturated carbocycles. The van der Waals surface area contributed by atoms with Crippen molar-refractivity contribution in [3.8, 4) is 23.0 Å². The first-order chi connectivity index (χ1) is 16.4. The van der Waals surface area contributed by atoms with Crippen LogP contribution < -0.4 is 20.9 Å². The average molecular weight is 463 g/mol. The van der Waals surface area contributed by atoms with E-state index in [0.717, 1.165) is 23.1 Å². The third-order valence-corrected chi connectivity index (χ3v) is 7.97. The van der Waals surface area contributed by atoms with Gasteiger partial charge in [-0.3, -0.25) is 0 Å². The molecule has 176 valence electrons. The van der Waals surface area contributed by atoms with Crippen LogP contribution in [0.1, 0.15) is 43.6 Å². The summed E-state index contributed by atoms with van der Waals surface area (Å²) in [5.74, 6) is 4.81. The van der Waals surface area contributed by atoms with Gasteiger partial charge in [-0.25, -0.2) is 8.78 Å². The molecule has 6 heteroatoms. The van der Waals surface area contributed by atoms with Crippen molar-refractivity contribution in [1.29, 1.82) is 0 Å². The lowest BCUT2D eigenvalue weighted by atomic mass is 9.50. The van der Waals surface area contributed by atoms with Gasteiger partial charge in [0.2, 0.25) is 0 Å². The van der Waals surface area contributed by atoms with Gasteiger partial charge in [0.05, 0.1) is 11.4 Å². The van der Waals surface area contributed by atoms with Crippen LogP contribution in [0.4, 0.5) is 20.2 Å². The van der Waals surface area contributed by atoms with E-state index in [4.69, 9.17) is 20.9 Å². The Morgan fingerprint density at radius 3 is 1.68 bits per heavy atom. The molecule has 0 amide bonds. The SMILES string of the molecule is Nc1cc(Oc2ccc(Oc3ccc(F)c(N)c3)c(C3C4CC5CC(C4)CC3C5)c2)ccc1F. The molecule has 4 fully saturated rings. The van der Waals surface area contributed by atoms with Crippen LogP contribution in [0.3, 0.4) is 0 Å². The molecule has 0 atom stereocenters. The highest BCUT2D eigenvalue weighted by atomic mass is 19.1. The van der Waals surface area contributed by atoms with Gasteiger partial charge in [-0.15, -0.1) is 0 Å². The van der Waals surface area contributed by atoms with Crippen molar-refractivity contribution in [3.63, 3.8) is 0 Å². The van der Waals surface area contributed by atoms with E-state index in [-0.39, 0.29) is 11.4 Å². The van der Waals surface area contributed by atoms with E-state index >= 15 is 0 Å². The number of nitrogen functional groups attached to an aromatic ring is 2. The molecule has 3 aromatic carbocycles. The van der Waals surface area contributed by atoms with Crippen molar-refractivity contribution < 1.29 is 18.3 Å².